The smallest absolute Gasteiger partial charge is 0.343 e. The van der Waals surface area contributed by atoms with Crippen molar-refractivity contribution < 1.29 is 14.5 Å². The summed E-state index contributed by atoms with van der Waals surface area (Å²) in [5.74, 6) is -0.692. The van der Waals surface area contributed by atoms with Crippen LogP contribution in [0.2, 0.25) is 0 Å². The van der Waals surface area contributed by atoms with E-state index in [4.69, 9.17) is 4.74 Å². The van der Waals surface area contributed by atoms with Gasteiger partial charge in [-0.2, -0.15) is 0 Å². The molecule has 0 N–H and O–H groups in total. The van der Waals surface area contributed by atoms with E-state index in [9.17, 15) is 19.7 Å². The minimum absolute atomic E-state index is 0.0719. The van der Waals surface area contributed by atoms with Gasteiger partial charge in [0.05, 0.1) is 22.4 Å². The first kappa shape index (κ1) is 20.3. The highest BCUT2D eigenvalue weighted by molar-refractivity contribution is 5.98. The number of carbonyl (C=O) groups excluding carboxylic acids is 1. The number of fused-ring (bicyclic) bond motifs is 1. The van der Waals surface area contributed by atoms with E-state index in [-0.39, 0.29) is 29.3 Å². The normalized spacial score (nSPS) is 17.4. The second kappa shape index (κ2) is 7.71. The maximum Gasteiger partial charge on any atom is 0.343 e. The van der Waals surface area contributed by atoms with Crippen molar-refractivity contribution in [3.63, 3.8) is 0 Å². The molecule has 2 aromatic rings. The molecule has 0 unspecified atom stereocenters. The molecule has 0 radical (unpaired) electrons. The number of ether oxygens (including phenoxy) is 1. The van der Waals surface area contributed by atoms with Crippen molar-refractivity contribution in [2.45, 2.75) is 32.7 Å². The van der Waals surface area contributed by atoms with E-state index in [1.165, 1.54) is 6.07 Å². The molecule has 30 heavy (non-hydrogen) atoms. The molecule has 1 aliphatic heterocycles. The average Bonchev–Trinajstić information content (AvgIpc) is 3.54. The van der Waals surface area contributed by atoms with Crippen LogP contribution in [0.1, 0.15) is 41.7 Å². The number of hydrogen-bond donors (Lipinski definition) is 0. The molecular weight excluding hydrogens is 388 g/mol. The van der Waals surface area contributed by atoms with Gasteiger partial charge >= 0.3 is 5.97 Å². The molecule has 0 amide bonds. The fraction of sp³-hybridized carbons (Fsp3) is 0.524. The number of esters is 1. The van der Waals surface area contributed by atoms with Gasteiger partial charge in [-0.1, -0.05) is 0 Å². The SMILES string of the molecule is CCOC(=O)c1cn(C2CC2)c2c(C)c(N3CCN(C)CC3)c([N+](=O)[O-])cc2c1=O. The van der Waals surface area contributed by atoms with E-state index in [1.54, 1.807) is 13.1 Å². The standard InChI is InChI=1S/C21H26N4O5/c1-4-30-21(27)16-12-24(14-5-6-14)18-13(2)19(23-9-7-22(3)8-10-23)17(25(28)29)11-15(18)20(16)26/h11-12,14H,4-10H2,1-3H3. The number of nitro groups is 1. The molecular formula is C21H26N4O5. The third-order valence-electron chi connectivity index (χ3n) is 5.96. The van der Waals surface area contributed by atoms with E-state index in [0.29, 0.717) is 29.9 Å². The summed E-state index contributed by atoms with van der Waals surface area (Å²) in [5, 5.41) is 12.2. The minimum Gasteiger partial charge on any atom is -0.462 e. The van der Waals surface area contributed by atoms with Crippen LogP contribution in [0.25, 0.3) is 10.9 Å². The largest absolute Gasteiger partial charge is 0.462 e. The van der Waals surface area contributed by atoms with Crippen LogP contribution in [0.3, 0.4) is 0 Å². The Labute approximate surface area is 174 Å². The second-order valence-electron chi connectivity index (χ2n) is 8.04. The van der Waals surface area contributed by atoms with Gasteiger partial charge in [0.1, 0.15) is 11.3 Å². The molecule has 1 saturated carbocycles. The molecule has 2 heterocycles. The predicted octanol–water partition coefficient (Wildman–Crippen LogP) is 2.48. The number of nitro benzene ring substituents is 1. The molecule has 1 aromatic carbocycles. The zero-order valence-electron chi connectivity index (χ0n) is 17.5. The highest BCUT2D eigenvalue weighted by Crippen LogP contribution is 2.42. The lowest BCUT2D eigenvalue weighted by Crippen LogP contribution is -2.45. The van der Waals surface area contributed by atoms with Gasteiger partial charge in [0, 0.05) is 50.0 Å². The fourth-order valence-electron chi connectivity index (χ4n) is 4.26. The van der Waals surface area contributed by atoms with Crippen LogP contribution in [-0.4, -0.2) is 60.2 Å². The summed E-state index contributed by atoms with van der Waals surface area (Å²) in [4.78, 5) is 41.3. The van der Waals surface area contributed by atoms with Crippen LogP contribution in [-0.2, 0) is 4.74 Å². The Kier molecular flexibility index (Phi) is 5.23. The molecule has 1 aromatic heterocycles. The zero-order chi connectivity index (χ0) is 21.6. The molecule has 0 spiro atoms. The number of nitrogens with zero attached hydrogens (tertiary/aromatic N) is 4. The van der Waals surface area contributed by atoms with Crippen molar-refractivity contribution in [1.82, 2.24) is 9.47 Å². The number of aryl methyl sites for hydroxylation is 1. The predicted molar refractivity (Wildman–Crippen MR) is 114 cm³/mol. The maximum absolute atomic E-state index is 13.1. The number of rotatable bonds is 5. The van der Waals surface area contributed by atoms with E-state index in [2.05, 4.69) is 4.90 Å². The Morgan fingerprint density at radius 1 is 1.27 bits per heavy atom. The quantitative estimate of drug-likeness (QED) is 0.421. The number of piperazine rings is 1. The van der Waals surface area contributed by atoms with Gasteiger partial charge in [-0.05, 0) is 33.7 Å². The molecule has 0 atom stereocenters. The van der Waals surface area contributed by atoms with Gasteiger partial charge in [0.15, 0.2) is 0 Å². The number of anilines is 1. The van der Waals surface area contributed by atoms with Crippen molar-refractivity contribution in [2.75, 3.05) is 44.7 Å². The highest BCUT2D eigenvalue weighted by Gasteiger charge is 2.32. The molecule has 1 saturated heterocycles. The summed E-state index contributed by atoms with van der Waals surface area (Å²) in [6, 6.07) is 1.53. The number of hydrogen-bond acceptors (Lipinski definition) is 7. The van der Waals surface area contributed by atoms with Crippen LogP contribution < -0.4 is 10.3 Å². The monoisotopic (exact) mass is 414 g/mol. The summed E-state index contributed by atoms with van der Waals surface area (Å²) in [7, 11) is 2.03. The first-order valence-electron chi connectivity index (χ1n) is 10.3. The zero-order valence-corrected chi connectivity index (χ0v) is 17.5. The van der Waals surface area contributed by atoms with E-state index < -0.39 is 16.3 Å². The van der Waals surface area contributed by atoms with Crippen LogP contribution in [0, 0.1) is 17.0 Å². The van der Waals surface area contributed by atoms with Gasteiger partial charge in [-0.15, -0.1) is 0 Å². The van der Waals surface area contributed by atoms with Crippen LogP contribution in [0.4, 0.5) is 11.4 Å². The number of benzene rings is 1. The van der Waals surface area contributed by atoms with Crippen molar-refractivity contribution in [2.24, 2.45) is 0 Å². The van der Waals surface area contributed by atoms with Gasteiger partial charge in [0.2, 0.25) is 5.43 Å². The molecule has 2 fully saturated rings. The van der Waals surface area contributed by atoms with Crippen LogP contribution in [0.5, 0.6) is 0 Å². The molecule has 2 aliphatic rings. The van der Waals surface area contributed by atoms with Gasteiger partial charge in [-0.25, -0.2) is 4.79 Å². The molecule has 160 valence electrons. The molecule has 9 nitrogen and oxygen atoms in total. The summed E-state index contributed by atoms with van der Waals surface area (Å²) >= 11 is 0. The average molecular weight is 414 g/mol. The summed E-state index contributed by atoms with van der Waals surface area (Å²) < 4.78 is 7.00. The lowest BCUT2D eigenvalue weighted by atomic mass is 10.0. The van der Waals surface area contributed by atoms with E-state index in [1.807, 2.05) is 23.4 Å². The third-order valence-corrected chi connectivity index (χ3v) is 5.96. The minimum atomic E-state index is -0.692. The Balaban J connectivity index is 2.00. The van der Waals surface area contributed by atoms with Crippen molar-refractivity contribution in [3.8, 4) is 0 Å². The molecule has 1 aliphatic carbocycles. The first-order chi connectivity index (χ1) is 14.3. The van der Waals surface area contributed by atoms with Crippen molar-refractivity contribution >= 4 is 28.2 Å². The summed E-state index contributed by atoms with van der Waals surface area (Å²) in [6.07, 6.45) is 3.47. The summed E-state index contributed by atoms with van der Waals surface area (Å²) in [6.45, 7) is 6.65. The Hall–Kier alpha value is -2.94. The van der Waals surface area contributed by atoms with Crippen molar-refractivity contribution in [3.05, 3.63) is 43.7 Å². The third kappa shape index (κ3) is 3.43. The molecule has 4 rings (SSSR count). The van der Waals surface area contributed by atoms with Gasteiger partial charge in [-0.3, -0.25) is 14.9 Å². The lowest BCUT2D eigenvalue weighted by Gasteiger charge is -2.35. The number of pyridine rings is 1. The van der Waals surface area contributed by atoms with E-state index in [0.717, 1.165) is 25.9 Å². The van der Waals surface area contributed by atoms with Crippen LogP contribution in [0.15, 0.2) is 17.1 Å². The fourth-order valence-corrected chi connectivity index (χ4v) is 4.26. The second-order valence-corrected chi connectivity index (χ2v) is 8.04. The van der Waals surface area contributed by atoms with Crippen LogP contribution >= 0.6 is 0 Å². The lowest BCUT2D eigenvalue weighted by molar-refractivity contribution is -0.384. The van der Waals surface area contributed by atoms with Gasteiger partial charge < -0.3 is 19.1 Å². The number of aromatic nitrogens is 1. The number of likely N-dealkylation sites (N-methyl/N-ethyl adjacent to an activating group) is 1. The number of carbonyl (C=O) groups is 1. The van der Waals surface area contributed by atoms with E-state index >= 15 is 0 Å². The first-order valence-corrected chi connectivity index (χ1v) is 10.3. The maximum atomic E-state index is 13.1. The Morgan fingerprint density at radius 3 is 2.50 bits per heavy atom. The topological polar surface area (TPSA) is 97.9 Å². The molecule has 9 heteroatoms. The summed E-state index contributed by atoms with van der Waals surface area (Å²) in [5.41, 5.74) is 1.27. The van der Waals surface area contributed by atoms with Gasteiger partial charge in [0.25, 0.3) is 5.69 Å². The van der Waals surface area contributed by atoms with Crippen molar-refractivity contribution in [1.29, 1.82) is 0 Å². The highest BCUT2D eigenvalue weighted by atomic mass is 16.6. The Bertz CT molecular complexity index is 1080. The Morgan fingerprint density at radius 2 is 1.93 bits per heavy atom. The molecule has 0 bridgehead atoms.